The van der Waals surface area contributed by atoms with Crippen molar-refractivity contribution >= 4 is 17.5 Å². The molecule has 3 rings (SSSR count). The van der Waals surface area contributed by atoms with Crippen molar-refractivity contribution in [3.05, 3.63) is 36.5 Å². The molecule has 128 valence electrons. The summed E-state index contributed by atoms with van der Waals surface area (Å²) in [6.07, 6.45) is 4.05. The molecule has 0 aliphatic carbocycles. The number of rotatable bonds is 8. The summed E-state index contributed by atoms with van der Waals surface area (Å²) in [4.78, 5) is 8.75. The minimum atomic E-state index is 0.564. The van der Waals surface area contributed by atoms with Crippen molar-refractivity contribution in [1.82, 2.24) is 20.4 Å². The summed E-state index contributed by atoms with van der Waals surface area (Å²) in [5, 5.41) is 8.82. The van der Waals surface area contributed by atoms with Crippen LogP contribution in [-0.2, 0) is 0 Å². The third kappa shape index (κ3) is 4.81. The van der Waals surface area contributed by atoms with Crippen LogP contribution in [-0.4, -0.2) is 48.3 Å². The van der Waals surface area contributed by atoms with Crippen LogP contribution >= 0.6 is 0 Å². The van der Waals surface area contributed by atoms with Gasteiger partial charge in [-0.3, -0.25) is 5.43 Å². The molecule has 0 unspecified atom stereocenters. The first-order chi connectivity index (χ1) is 11.8. The molecule has 24 heavy (non-hydrogen) atoms. The molecule has 7 heteroatoms. The molecular formula is C17H24N6O. The van der Waals surface area contributed by atoms with Crippen molar-refractivity contribution in [2.24, 2.45) is 0 Å². The molecule has 0 bridgehead atoms. The molecule has 0 spiro atoms. The monoisotopic (exact) mass is 328 g/mol. The quantitative estimate of drug-likeness (QED) is 0.642. The average Bonchev–Trinajstić information content (AvgIpc) is 3.13. The summed E-state index contributed by atoms with van der Waals surface area (Å²) in [7, 11) is 1.65. The average molecular weight is 328 g/mol. The molecule has 2 aromatic rings. The van der Waals surface area contributed by atoms with E-state index in [-0.39, 0.29) is 0 Å². The van der Waals surface area contributed by atoms with Gasteiger partial charge in [-0.2, -0.15) is 4.98 Å². The topological polar surface area (TPSA) is 74.3 Å². The summed E-state index contributed by atoms with van der Waals surface area (Å²) in [5.74, 6) is 2.18. The van der Waals surface area contributed by atoms with Gasteiger partial charge in [0.1, 0.15) is 11.6 Å². The Morgan fingerprint density at radius 3 is 3.12 bits per heavy atom. The Kier molecular flexibility index (Phi) is 5.81. The molecule has 2 heterocycles. The van der Waals surface area contributed by atoms with E-state index in [2.05, 4.69) is 31.0 Å². The number of hydrogen-bond acceptors (Lipinski definition) is 7. The Bertz CT molecular complexity index is 644. The maximum Gasteiger partial charge on any atom is 0.229 e. The summed E-state index contributed by atoms with van der Waals surface area (Å²) < 4.78 is 5.22. The fourth-order valence-corrected chi connectivity index (χ4v) is 2.61. The molecule has 1 aromatic heterocycles. The largest absolute Gasteiger partial charge is 0.497 e. The Balaban J connectivity index is 1.49. The molecule has 0 amide bonds. The van der Waals surface area contributed by atoms with E-state index >= 15 is 0 Å². The highest BCUT2D eigenvalue weighted by atomic mass is 16.5. The summed E-state index contributed by atoms with van der Waals surface area (Å²) in [6.45, 7) is 4.17. The number of aromatic nitrogens is 2. The minimum absolute atomic E-state index is 0.564. The van der Waals surface area contributed by atoms with E-state index < -0.39 is 0 Å². The van der Waals surface area contributed by atoms with E-state index in [1.54, 1.807) is 13.3 Å². The highest BCUT2D eigenvalue weighted by Crippen LogP contribution is 2.19. The van der Waals surface area contributed by atoms with Gasteiger partial charge in [0.05, 0.1) is 7.11 Å². The zero-order valence-corrected chi connectivity index (χ0v) is 14.0. The zero-order chi connectivity index (χ0) is 16.6. The molecule has 1 fully saturated rings. The molecule has 0 atom stereocenters. The van der Waals surface area contributed by atoms with Crippen molar-refractivity contribution in [1.29, 1.82) is 0 Å². The number of nitrogens with one attached hydrogen (secondary N) is 3. The van der Waals surface area contributed by atoms with Gasteiger partial charge in [-0.25, -0.2) is 9.99 Å². The van der Waals surface area contributed by atoms with Gasteiger partial charge in [0.2, 0.25) is 5.95 Å². The van der Waals surface area contributed by atoms with Crippen LogP contribution in [0.2, 0.25) is 0 Å². The fourth-order valence-electron chi connectivity index (χ4n) is 2.61. The van der Waals surface area contributed by atoms with Crippen LogP contribution in [0.4, 0.5) is 17.5 Å². The standard InChI is InChI=1S/C17H24N6O/c1-24-15-6-2-5-14(13-15)21-17-19-10-7-16(22-17)18-8-3-11-23-12-4-9-20-23/h2,5-7,10,13,20H,3-4,8-9,11-12H2,1H3,(H2,18,19,21,22). The Labute approximate surface area is 142 Å². The molecule has 1 aliphatic rings. The number of nitrogens with zero attached hydrogens (tertiary/aromatic N) is 3. The maximum atomic E-state index is 5.22. The van der Waals surface area contributed by atoms with Gasteiger partial charge in [-0.05, 0) is 31.0 Å². The number of methoxy groups -OCH3 is 1. The van der Waals surface area contributed by atoms with E-state index in [4.69, 9.17) is 4.74 Å². The highest BCUT2D eigenvalue weighted by molar-refractivity contribution is 5.56. The van der Waals surface area contributed by atoms with E-state index in [0.717, 1.165) is 49.9 Å². The predicted molar refractivity (Wildman–Crippen MR) is 95.6 cm³/mol. The number of anilines is 3. The number of benzene rings is 1. The van der Waals surface area contributed by atoms with Crippen molar-refractivity contribution < 1.29 is 4.74 Å². The van der Waals surface area contributed by atoms with Crippen LogP contribution < -0.4 is 20.8 Å². The third-order valence-electron chi connectivity index (χ3n) is 3.83. The van der Waals surface area contributed by atoms with Gasteiger partial charge in [0.25, 0.3) is 0 Å². The van der Waals surface area contributed by atoms with Crippen LogP contribution in [0.15, 0.2) is 36.5 Å². The first kappa shape index (κ1) is 16.5. The third-order valence-corrected chi connectivity index (χ3v) is 3.83. The lowest BCUT2D eigenvalue weighted by molar-refractivity contribution is 0.253. The second kappa shape index (κ2) is 8.47. The Morgan fingerprint density at radius 1 is 1.33 bits per heavy atom. The van der Waals surface area contributed by atoms with Crippen LogP contribution in [0.25, 0.3) is 0 Å². The fraction of sp³-hybridized carbons (Fsp3) is 0.412. The molecular weight excluding hydrogens is 304 g/mol. The second-order valence-electron chi connectivity index (χ2n) is 5.65. The first-order valence-corrected chi connectivity index (χ1v) is 8.30. The van der Waals surface area contributed by atoms with Crippen molar-refractivity contribution in [3.63, 3.8) is 0 Å². The second-order valence-corrected chi connectivity index (χ2v) is 5.65. The molecule has 1 saturated heterocycles. The van der Waals surface area contributed by atoms with Gasteiger partial charge in [0, 0.05) is 44.1 Å². The van der Waals surface area contributed by atoms with Crippen LogP contribution in [0.3, 0.4) is 0 Å². The Hall–Kier alpha value is -2.38. The molecule has 0 saturated carbocycles. The van der Waals surface area contributed by atoms with Gasteiger partial charge >= 0.3 is 0 Å². The highest BCUT2D eigenvalue weighted by Gasteiger charge is 2.09. The van der Waals surface area contributed by atoms with Crippen LogP contribution in [0.1, 0.15) is 12.8 Å². The normalized spacial score (nSPS) is 14.5. The smallest absolute Gasteiger partial charge is 0.229 e. The molecule has 7 nitrogen and oxygen atoms in total. The van der Waals surface area contributed by atoms with Gasteiger partial charge in [-0.1, -0.05) is 6.07 Å². The molecule has 0 radical (unpaired) electrons. The van der Waals surface area contributed by atoms with E-state index in [9.17, 15) is 0 Å². The molecule has 3 N–H and O–H groups in total. The number of hydrogen-bond donors (Lipinski definition) is 3. The lowest BCUT2D eigenvalue weighted by atomic mass is 10.3. The number of ether oxygens (including phenoxy) is 1. The summed E-state index contributed by atoms with van der Waals surface area (Å²) >= 11 is 0. The molecule has 1 aliphatic heterocycles. The van der Waals surface area contributed by atoms with E-state index in [0.29, 0.717) is 5.95 Å². The summed E-state index contributed by atoms with van der Waals surface area (Å²) in [6, 6.07) is 9.57. The molecule has 1 aromatic carbocycles. The van der Waals surface area contributed by atoms with Crippen LogP contribution in [0.5, 0.6) is 5.75 Å². The SMILES string of the molecule is COc1cccc(Nc2nccc(NCCCN3CCCN3)n2)c1. The summed E-state index contributed by atoms with van der Waals surface area (Å²) in [5.41, 5.74) is 4.26. The van der Waals surface area contributed by atoms with Gasteiger partial charge in [0.15, 0.2) is 0 Å². The van der Waals surface area contributed by atoms with Gasteiger partial charge in [-0.15, -0.1) is 0 Å². The lowest BCUT2D eigenvalue weighted by Gasteiger charge is -2.15. The maximum absolute atomic E-state index is 5.22. The van der Waals surface area contributed by atoms with Crippen molar-refractivity contribution in [3.8, 4) is 5.75 Å². The van der Waals surface area contributed by atoms with E-state index in [1.165, 1.54) is 6.42 Å². The predicted octanol–water partition coefficient (Wildman–Crippen LogP) is 2.24. The van der Waals surface area contributed by atoms with E-state index in [1.807, 2.05) is 30.3 Å². The van der Waals surface area contributed by atoms with Gasteiger partial charge < -0.3 is 15.4 Å². The zero-order valence-electron chi connectivity index (χ0n) is 14.0. The Morgan fingerprint density at radius 2 is 2.29 bits per heavy atom. The van der Waals surface area contributed by atoms with Crippen LogP contribution in [0, 0.1) is 0 Å². The lowest BCUT2D eigenvalue weighted by Crippen LogP contribution is -2.32. The van der Waals surface area contributed by atoms with Crippen molar-refractivity contribution in [2.75, 3.05) is 43.9 Å². The minimum Gasteiger partial charge on any atom is -0.497 e. The van der Waals surface area contributed by atoms with Crippen molar-refractivity contribution in [2.45, 2.75) is 12.8 Å². The first-order valence-electron chi connectivity index (χ1n) is 8.30. The number of hydrazine groups is 1.